The van der Waals surface area contributed by atoms with Crippen molar-refractivity contribution in [3.63, 3.8) is 0 Å². The lowest BCUT2D eigenvalue weighted by Gasteiger charge is -2.08. The molecule has 0 fully saturated rings. The average molecular weight is 196 g/mol. The summed E-state index contributed by atoms with van der Waals surface area (Å²) in [5, 5.41) is 5.33. The van der Waals surface area contributed by atoms with Crippen LogP contribution >= 0.6 is 0 Å². The van der Waals surface area contributed by atoms with Crippen molar-refractivity contribution in [3.8, 4) is 0 Å². The third-order valence-corrected chi connectivity index (χ3v) is 1.99. The molecule has 0 aliphatic carbocycles. The third kappa shape index (κ3) is 2.45. The van der Waals surface area contributed by atoms with Crippen molar-refractivity contribution in [1.82, 2.24) is 5.32 Å². The van der Waals surface area contributed by atoms with Crippen LogP contribution in [0.25, 0.3) is 0 Å². The molecular formula is C10H13FN2O. The van der Waals surface area contributed by atoms with Gasteiger partial charge in [0.15, 0.2) is 0 Å². The van der Waals surface area contributed by atoms with Gasteiger partial charge in [0.25, 0.3) is 0 Å². The lowest BCUT2D eigenvalue weighted by atomic mass is 10.2. The maximum absolute atomic E-state index is 13.0. The van der Waals surface area contributed by atoms with Crippen LogP contribution in [0.3, 0.4) is 0 Å². The predicted octanol–water partition coefficient (Wildman–Crippen LogP) is 1.29. The molecule has 1 rings (SSSR count). The lowest BCUT2D eigenvalue weighted by Crippen LogP contribution is -2.26. The van der Waals surface area contributed by atoms with Gasteiger partial charge in [-0.2, -0.15) is 0 Å². The van der Waals surface area contributed by atoms with Gasteiger partial charge in [-0.1, -0.05) is 6.07 Å². The first-order valence-corrected chi connectivity index (χ1v) is 4.34. The average Bonchev–Trinajstić information content (AvgIpc) is 2.20. The highest BCUT2D eigenvalue weighted by atomic mass is 19.1. The Morgan fingerprint density at radius 2 is 2.21 bits per heavy atom. The Labute approximate surface area is 82.3 Å². The molecule has 0 saturated heterocycles. The standard InChI is InChI=1S/C10H13FN2O/c1-7-8(11)4-3-5-9(7)13-6-10(14)12-2/h3-5,13H,6H2,1-2H3,(H,12,14). The van der Waals surface area contributed by atoms with E-state index in [2.05, 4.69) is 10.6 Å². The Morgan fingerprint density at radius 3 is 2.86 bits per heavy atom. The van der Waals surface area contributed by atoms with E-state index in [1.165, 1.54) is 6.07 Å². The van der Waals surface area contributed by atoms with E-state index >= 15 is 0 Å². The number of anilines is 1. The summed E-state index contributed by atoms with van der Waals surface area (Å²) in [5.74, 6) is -0.402. The quantitative estimate of drug-likeness (QED) is 0.764. The monoisotopic (exact) mass is 196 g/mol. The molecule has 1 aromatic carbocycles. The molecule has 1 amide bonds. The van der Waals surface area contributed by atoms with Crippen LogP contribution in [0.5, 0.6) is 0 Å². The van der Waals surface area contributed by atoms with Crippen LogP contribution in [0.15, 0.2) is 18.2 Å². The normalized spacial score (nSPS) is 9.64. The summed E-state index contributed by atoms with van der Waals surface area (Å²) in [6, 6.07) is 4.73. The minimum Gasteiger partial charge on any atom is -0.376 e. The van der Waals surface area contributed by atoms with E-state index in [-0.39, 0.29) is 18.3 Å². The first-order chi connectivity index (χ1) is 6.65. The van der Waals surface area contributed by atoms with E-state index in [9.17, 15) is 9.18 Å². The third-order valence-electron chi connectivity index (χ3n) is 1.99. The minimum atomic E-state index is -0.271. The number of nitrogens with one attached hydrogen (secondary N) is 2. The van der Waals surface area contributed by atoms with Gasteiger partial charge in [0.2, 0.25) is 5.91 Å². The molecule has 0 aliphatic rings. The zero-order chi connectivity index (χ0) is 10.6. The fourth-order valence-electron chi connectivity index (χ4n) is 1.06. The number of halogens is 1. The Hall–Kier alpha value is -1.58. The number of likely N-dealkylation sites (N-methyl/N-ethyl adjacent to an activating group) is 1. The topological polar surface area (TPSA) is 41.1 Å². The summed E-state index contributed by atoms with van der Waals surface area (Å²) >= 11 is 0. The lowest BCUT2D eigenvalue weighted by molar-refractivity contribution is -0.118. The van der Waals surface area contributed by atoms with Crippen molar-refractivity contribution in [3.05, 3.63) is 29.6 Å². The molecule has 76 valence electrons. The zero-order valence-electron chi connectivity index (χ0n) is 8.23. The molecule has 14 heavy (non-hydrogen) atoms. The van der Waals surface area contributed by atoms with Crippen LogP contribution in [0.4, 0.5) is 10.1 Å². The number of amides is 1. The summed E-state index contributed by atoms with van der Waals surface area (Å²) in [5.41, 5.74) is 1.17. The summed E-state index contributed by atoms with van der Waals surface area (Å²) < 4.78 is 13.0. The van der Waals surface area contributed by atoms with Crippen molar-refractivity contribution >= 4 is 11.6 Å². The molecule has 0 heterocycles. The fraction of sp³-hybridized carbons (Fsp3) is 0.300. The smallest absolute Gasteiger partial charge is 0.239 e. The number of benzene rings is 1. The molecule has 0 unspecified atom stereocenters. The Morgan fingerprint density at radius 1 is 1.50 bits per heavy atom. The molecule has 0 aliphatic heterocycles. The van der Waals surface area contributed by atoms with Gasteiger partial charge in [-0.25, -0.2) is 4.39 Å². The molecule has 0 radical (unpaired) electrons. The van der Waals surface area contributed by atoms with Crippen LogP contribution in [0, 0.1) is 12.7 Å². The molecule has 3 nitrogen and oxygen atoms in total. The molecule has 0 saturated carbocycles. The molecule has 0 aromatic heterocycles. The zero-order valence-corrected chi connectivity index (χ0v) is 8.23. The second-order valence-corrected chi connectivity index (χ2v) is 2.94. The molecule has 2 N–H and O–H groups in total. The maximum atomic E-state index is 13.0. The molecule has 0 spiro atoms. The first-order valence-electron chi connectivity index (χ1n) is 4.34. The van der Waals surface area contributed by atoms with E-state index in [4.69, 9.17) is 0 Å². The number of hydrogen-bond acceptors (Lipinski definition) is 2. The first kappa shape index (κ1) is 10.5. The van der Waals surface area contributed by atoms with Crippen molar-refractivity contribution in [2.75, 3.05) is 18.9 Å². The molecule has 0 atom stereocenters. The van der Waals surface area contributed by atoms with Crippen LogP contribution in [0.2, 0.25) is 0 Å². The van der Waals surface area contributed by atoms with Crippen LogP contribution in [-0.4, -0.2) is 19.5 Å². The highest BCUT2D eigenvalue weighted by Gasteiger charge is 2.03. The van der Waals surface area contributed by atoms with E-state index < -0.39 is 0 Å². The molecular weight excluding hydrogens is 183 g/mol. The van der Waals surface area contributed by atoms with Crippen LogP contribution in [-0.2, 0) is 4.79 Å². The summed E-state index contributed by atoms with van der Waals surface area (Å²) in [6.45, 7) is 1.82. The van der Waals surface area contributed by atoms with Crippen molar-refractivity contribution in [2.45, 2.75) is 6.92 Å². The summed E-state index contributed by atoms with van der Waals surface area (Å²) in [4.78, 5) is 10.9. The van der Waals surface area contributed by atoms with Crippen molar-refractivity contribution in [2.24, 2.45) is 0 Å². The van der Waals surface area contributed by atoms with Crippen molar-refractivity contribution in [1.29, 1.82) is 0 Å². The SMILES string of the molecule is CNC(=O)CNc1cccc(F)c1C. The van der Waals surface area contributed by atoms with E-state index in [1.807, 2.05) is 0 Å². The predicted molar refractivity (Wildman–Crippen MR) is 53.7 cm³/mol. The van der Waals surface area contributed by atoms with Gasteiger partial charge in [-0.05, 0) is 19.1 Å². The molecule has 4 heteroatoms. The van der Waals surface area contributed by atoms with E-state index in [1.54, 1.807) is 26.1 Å². The van der Waals surface area contributed by atoms with Crippen molar-refractivity contribution < 1.29 is 9.18 Å². The van der Waals surface area contributed by atoms with Gasteiger partial charge in [-0.15, -0.1) is 0 Å². The van der Waals surface area contributed by atoms with Gasteiger partial charge < -0.3 is 10.6 Å². The molecule has 1 aromatic rings. The fourth-order valence-corrected chi connectivity index (χ4v) is 1.06. The Balaban J connectivity index is 2.68. The summed E-state index contributed by atoms with van der Waals surface area (Å²) in [7, 11) is 1.56. The number of carbonyl (C=O) groups excluding carboxylic acids is 1. The highest BCUT2D eigenvalue weighted by Crippen LogP contribution is 2.16. The largest absolute Gasteiger partial charge is 0.376 e. The van der Waals surface area contributed by atoms with Gasteiger partial charge in [0.1, 0.15) is 5.82 Å². The Kier molecular flexibility index (Phi) is 3.45. The number of hydrogen-bond donors (Lipinski definition) is 2. The number of carbonyl (C=O) groups is 1. The van der Waals surface area contributed by atoms with Crippen LogP contribution < -0.4 is 10.6 Å². The van der Waals surface area contributed by atoms with Crippen LogP contribution in [0.1, 0.15) is 5.56 Å². The highest BCUT2D eigenvalue weighted by molar-refractivity contribution is 5.80. The number of rotatable bonds is 3. The minimum absolute atomic E-state index is 0.131. The van der Waals surface area contributed by atoms with Gasteiger partial charge in [0, 0.05) is 18.3 Å². The van der Waals surface area contributed by atoms with E-state index in [0.717, 1.165) is 0 Å². The summed E-state index contributed by atoms with van der Waals surface area (Å²) in [6.07, 6.45) is 0. The van der Waals surface area contributed by atoms with Gasteiger partial charge >= 0.3 is 0 Å². The maximum Gasteiger partial charge on any atom is 0.239 e. The van der Waals surface area contributed by atoms with Gasteiger partial charge in [0.05, 0.1) is 6.54 Å². The molecule has 0 bridgehead atoms. The van der Waals surface area contributed by atoms with Gasteiger partial charge in [-0.3, -0.25) is 4.79 Å². The Bertz CT molecular complexity index is 339. The van der Waals surface area contributed by atoms with E-state index in [0.29, 0.717) is 11.3 Å². The second kappa shape index (κ2) is 4.60. The second-order valence-electron chi connectivity index (χ2n) is 2.94.